The van der Waals surface area contributed by atoms with Crippen molar-refractivity contribution in [3.05, 3.63) is 224 Å². The van der Waals surface area contributed by atoms with E-state index in [1.165, 1.54) is 59.9 Å². The van der Waals surface area contributed by atoms with E-state index in [0.717, 1.165) is 55.9 Å². The highest BCUT2D eigenvalue weighted by molar-refractivity contribution is 6.11. The van der Waals surface area contributed by atoms with Crippen molar-refractivity contribution in [2.24, 2.45) is 0 Å². The van der Waals surface area contributed by atoms with Crippen molar-refractivity contribution in [3.63, 3.8) is 0 Å². The molecule has 0 unspecified atom stereocenters. The van der Waals surface area contributed by atoms with Crippen LogP contribution in [0.15, 0.2) is 229 Å². The third kappa shape index (κ3) is 5.27. The molecule has 290 valence electrons. The minimum atomic E-state index is 0.877. The van der Waals surface area contributed by atoms with Crippen LogP contribution in [0.4, 0.5) is 17.1 Å². The summed E-state index contributed by atoms with van der Waals surface area (Å²) < 4.78 is 11.1. The molecule has 0 amide bonds. The molecule has 0 aliphatic carbocycles. The molecule has 3 heterocycles. The van der Waals surface area contributed by atoms with Gasteiger partial charge in [0.2, 0.25) is 0 Å². The van der Waals surface area contributed by atoms with Crippen molar-refractivity contribution in [1.82, 2.24) is 9.13 Å². The second-order valence-electron chi connectivity index (χ2n) is 16.1. The van der Waals surface area contributed by atoms with Gasteiger partial charge in [-0.3, -0.25) is 0 Å². The highest BCUT2D eigenvalue weighted by Gasteiger charge is 2.19. The van der Waals surface area contributed by atoms with Gasteiger partial charge in [-0.15, -0.1) is 0 Å². The van der Waals surface area contributed by atoms with Crippen molar-refractivity contribution >= 4 is 93.4 Å². The van der Waals surface area contributed by atoms with Crippen molar-refractivity contribution in [3.8, 4) is 22.5 Å². The van der Waals surface area contributed by atoms with Gasteiger partial charge in [-0.1, -0.05) is 127 Å². The van der Waals surface area contributed by atoms with Gasteiger partial charge in [0, 0.05) is 60.8 Å². The second-order valence-corrected chi connectivity index (χ2v) is 16.1. The first-order valence-electron chi connectivity index (χ1n) is 21.2. The summed E-state index contributed by atoms with van der Waals surface area (Å²) in [5.41, 5.74) is 14.4. The average molecular weight is 792 g/mol. The summed E-state index contributed by atoms with van der Waals surface area (Å²) in [6, 6.07) is 81.1. The predicted molar refractivity (Wildman–Crippen MR) is 260 cm³/mol. The third-order valence-electron chi connectivity index (χ3n) is 12.7. The van der Waals surface area contributed by atoms with Crippen LogP contribution in [-0.4, -0.2) is 9.13 Å². The Morgan fingerprint density at radius 3 is 1.35 bits per heavy atom. The van der Waals surface area contributed by atoms with Gasteiger partial charge in [-0.2, -0.15) is 0 Å². The molecule has 10 aromatic carbocycles. The van der Waals surface area contributed by atoms with E-state index in [0.29, 0.717) is 0 Å². The van der Waals surface area contributed by atoms with E-state index in [1.54, 1.807) is 0 Å². The maximum Gasteiger partial charge on any atom is 0.135 e. The van der Waals surface area contributed by atoms with Gasteiger partial charge in [-0.05, 0) is 119 Å². The van der Waals surface area contributed by atoms with Crippen LogP contribution in [-0.2, 0) is 0 Å². The molecule has 0 aliphatic heterocycles. The van der Waals surface area contributed by atoms with Gasteiger partial charge in [-0.25, -0.2) is 0 Å². The fourth-order valence-electron chi connectivity index (χ4n) is 9.91. The zero-order chi connectivity index (χ0) is 40.7. The number of hydrogen-bond donors (Lipinski definition) is 0. The number of fused-ring (bicyclic) bond motifs is 10. The lowest BCUT2D eigenvalue weighted by Crippen LogP contribution is -2.10. The lowest BCUT2D eigenvalue weighted by Gasteiger charge is -2.26. The summed E-state index contributed by atoms with van der Waals surface area (Å²) in [4.78, 5) is 2.35. The predicted octanol–water partition coefficient (Wildman–Crippen LogP) is 16.1. The third-order valence-corrected chi connectivity index (χ3v) is 12.7. The lowest BCUT2D eigenvalue weighted by molar-refractivity contribution is 0.669. The van der Waals surface area contributed by atoms with Gasteiger partial charge < -0.3 is 18.5 Å². The molecule has 0 spiro atoms. The maximum absolute atomic E-state index is 6.29. The van der Waals surface area contributed by atoms with Crippen molar-refractivity contribution < 1.29 is 4.42 Å². The topological polar surface area (TPSA) is 26.2 Å². The maximum atomic E-state index is 6.29. The Morgan fingerprint density at radius 2 is 0.758 bits per heavy atom. The van der Waals surface area contributed by atoms with E-state index in [-0.39, 0.29) is 0 Å². The largest absolute Gasteiger partial charge is 0.456 e. The number of aromatic nitrogens is 2. The molecule has 13 rings (SSSR count). The smallest absolute Gasteiger partial charge is 0.135 e. The number of rotatable bonds is 6. The van der Waals surface area contributed by atoms with Gasteiger partial charge >= 0.3 is 0 Å². The van der Waals surface area contributed by atoms with E-state index < -0.39 is 0 Å². The van der Waals surface area contributed by atoms with Crippen LogP contribution in [0.3, 0.4) is 0 Å². The SMILES string of the molecule is c1ccc2c(-c3ccc(N(c4ccc(-n5c6ccccc6c6ccccc65)cc4)c4ccc5oc6ccccc6c5c4)cc3)cc(-n3c4ccccc4c4ccccc43)cc2c1. The summed E-state index contributed by atoms with van der Waals surface area (Å²) >= 11 is 0. The fraction of sp³-hybridized carbons (Fsp3) is 0. The summed E-state index contributed by atoms with van der Waals surface area (Å²) in [6.45, 7) is 0. The first kappa shape index (κ1) is 34.5. The van der Waals surface area contributed by atoms with E-state index >= 15 is 0 Å². The number of furan rings is 1. The summed E-state index contributed by atoms with van der Waals surface area (Å²) in [7, 11) is 0. The molecule has 0 aliphatic rings. The molecule has 13 aromatic rings. The Hall–Kier alpha value is -8.34. The van der Waals surface area contributed by atoms with Gasteiger partial charge in [0.05, 0.1) is 22.1 Å². The van der Waals surface area contributed by atoms with Gasteiger partial charge in [0.25, 0.3) is 0 Å². The number of para-hydroxylation sites is 5. The van der Waals surface area contributed by atoms with E-state index in [1.807, 2.05) is 12.1 Å². The fourth-order valence-corrected chi connectivity index (χ4v) is 9.91. The van der Waals surface area contributed by atoms with E-state index in [4.69, 9.17) is 4.42 Å². The first-order chi connectivity index (χ1) is 30.7. The van der Waals surface area contributed by atoms with Crippen LogP contribution >= 0.6 is 0 Å². The molecule has 0 atom stereocenters. The van der Waals surface area contributed by atoms with Crippen molar-refractivity contribution in [2.75, 3.05) is 4.90 Å². The number of nitrogens with zero attached hydrogens (tertiary/aromatic N) is 3. The zero-order valence-electron chi connectivity index (χ0n) is 33.6. The van der Waals surface area contributed by atoms with Gasteiger partial charge in [0.1, 0.15) is 11.2 Å². The van der Waals surface area contributed by atoms with E-state index in [2.05, 4.69) is 226 Å². The first-order valence-corrected chi connectivity index (χ1v) is 21.2. The minimum Gasteiger partial charge on any atom is -0.456 e. The molecular weight excluding hydrogens is 755 g/mol. The molecule has 0 saturated carbocycles. The second kappa shape index (κ2) is 13.6. The Kier molecular flexibility index (Phi) is 7.57. The van der Waals surface area contributed by atoms with Gasteiger partial charge in [0.15, 0.2) is 0 Å². The molecule has 62 heavy (non-hydrogen) atoms. The summed E-state index contributed by atoms with van der Waals surface area (Å²) in [6.07, 6.45) is 0. The van der Waals surface area contributed by atoms with Crippen LogP contribution in [0.25, 0.3) is 98.8 Å². The van der Waals surface area contributed by atoms with Crippen LogP contribution < -0.4 is 4.90 Å². The normalized spacial score (nSPS) is 11.9. The standard InChI is InChI=1S/C58H37N3O/c1-2-14-45-39(13-1)35-44(61-55-22-10-5-17-48(55)49-18-6-11-23-56(49)61)37-51(45)38-25-27-40(28-26-38)59(43-33-34-58-52(36-43)50-19-7-12-24-57(50)62-58)41-29-31-42(32-30-41)60-53-20-8-3-15-46(53)47-16-4-9-21-54(47)60/h1-37H. The lowest BCUT2D eigenvalue weighted by atomic mass is 9.96. The Bertz CT molecular complexity index is 3760. The number of benzene rings is 10. The number of anilines is 3. The summed E-state index contributed by atoms with van der Waals surface area (Å²) in [5.74, 6) is 0. The van der Waals surface area contributed by atoms with E-state index in [9.17, 15) is 0 Å². The van der Waals surface area contributed by atoms with Crippen molar-refractivity contribution in [1.29, 1.82) is 0 Å². The molecule has 0 fully saturated rings. The molecule has 0 radical (unpaired) electrons. The van der Waals surface area contributed by atoms with Crippen molar-refractivity contribution in [2.45, 2.75) is 0 Å². The molecular formula is C58H37N3O. The van der Waals surface area contributed by atoms with Crippen LogP contribution in [0.5, 0.6) is 0 Å². The average Bonchev–Trinajstić information content (AvgIpc) is 4.00. The molecule has 0 saturated heterocycles. The Balaban J connectivity index is 0.963. The molecule has 4 heteroatoms. The monoisotopic (exact) mass is 791 g/mol. The van der Waals surface area contributed by atoms with Crippen LogP contribution in [0.2, 0.25) is 0 Å². The Labute approximate surface area is 357 Å². The quantitative estimate of drug-likeness (QED) is 0.168. The zero-order valence-corrected chi connectivity index (χ0v) is 33.6. The summed E-state index contributed by atoms with van der Waals surface area (Å²) in [5, 5.41) is 9.65. The highest BCUT2D eigenvalue weighted by atomic mass is 16.3. The number of hydrogen-bond acceptors (Lipinski definition) is 2. The highest BCUT2D eigenvalue weighted by Crippen LogP contribution is 2.42. The molecule has 0 N–H and O–H groups in total. The molecule has 4 nitrogen and oxygen atoms in total. The van der Waals surface area contributed by atoms with Crippen LogP contribution in [0.1, 0.15) is 0 Å². The molecule has 0 bridgehead atoms. The Morgan fingerprint density at radius 1 is 0.306 bits per heavy atom. The molecule has 3 aromatic heterocycles. The minimum absolute atomic E-state index is 0.877. The van der Waals surface area contributed by atoms with Crippen LogP contribution in [0, 0.1) is 0 Å².